The van der Waals surface area contributed by atoms with E-state index in [1.54, 1.807) is 19.2 Å². The van der Waals surface area contributed by atoms with Crippen molar-refractivity contribution >= 4 is 11.9 Å². The predicted octanol–water partition coefficient (Wildman–Crippen LogP) is 2.94. The minimum atomic E-state index is -0.855. The van der Waals surface area contributed by atoms with Crippen LogP contribution in [0.1, 0.15) is 5.56 Å². The Morgan fingerprint density at radius 1 is 1.46 bits per heavy atom. The summed E-state index contributed by atoms with van der Waals surface area (Å²) in [6, 6.07) is 7.14. The molecule has 126 valence electrons. The number of benzene rings is 1. The second-order valence-corrected chi connectivity index (χ2v) is 4.50. The molecule has 1 N–H and O–H groups in total. The van der Waals surface area contributed by atoms with Gasteiger partial charge in [0.05, 0.1) is 13.3 Å². The Morgan fingerprint density at radius 3 is 3.04 bits per heavy atom. The summed E-state index contributed by atoms with van der Waals surface area (Å²) in [5.41, 5.74) is 0.821. The van der Waals surface area contributed by atoms with E-state index < -0.39 is 11.9 Å². The molecule has 1 heterocycles. The predicted molar refractivity (Wildman–Crippen MR) is 84.5 cm³/mol. The van der Waals surface area contributed by atoms with Gasteiger partial charge in [-0.05, 0) is 17.7 Å². The van der Waals surface area contributed by atoms with Crippen LogP contribution in [0.5, 0.6) is 11.8 Å². The SMILES string of the molecule is C=CCOC(=O)Nc1nc(OCc2cccc(OC)c2)ncc1F. The van der Waals surface area contributed by atoms with Gasteiger partial charge in [-0.1, -0.05) is 24.8 Å². The highest BCUT2D eigenvalue weighted by Crippen LogP contribution is 2.17. The zero-order valence-corrected chi connectivity index (χ0v) is 13.0. The second kappa shape index (κ2) is 8.47. The molecule has 2 rings (SSSR count). The number of rotatable bonds is 7. The van der Waals surface area contributed by atoms with Gasteiger partial charge in [-0.25, -0.2) is 14.2 Å². The van der Waals surface area contributed by atoms with E-state index in [1.165, 1.54) is 6.08 Å². The normalized spacial score (nSPS) is 9.92. The molecule has 0 radical (unpaired) electrons. The number of carbonyl (C=O) groups excluding carboxylic acids is 1. The van der Waals surface area contributed by atoms with Gasteiger partial charge < -0.3 is 14.2 Å². The maximum Gasteiger partial charge on any atom is 0.413 e. The van der Waals surface area contributed by atoms with E-state index in [2.05, 4.69) is 21.9 Å². The largest absolute Gasteiger partial charge is 0.497 e. The maximum atomic E-state index is 13.6. The summed E-state index contributed by atoms with van der Waals surface area (Å²) in [5.74, 6) is -0.456. The number of hydrogen-bond donors (Lipinski definition) is 1. The van der Waals surface area contributed by atoms with E-state index >= 15 is 0 Å². The molecule has 1 amide bonds. The molecule has 2 aromatic rings. The van der Waals surface area contributed by atoms with Crippen molar-refractivity contribution in [1.29, 1.82) is 0 Å². The highest BCUT2D eigenvalue weighted by Gasteiger charge is 2.12. The van der Waals surface area contributed by atoms with E-state index in [0.717, 1.165) is 11.8 Å². The van der Waals surface area contributed by atoms with Gasteiger partial charge in [-0.3, -0.25) is 5.32 Å². The first-order chi connectivity index (χ1) is 11.6. The second-order valence-electron chi connectivity index (χ2n) is 4.50. The lowest BCUT2D eigenvalue weighted by molar-refractivity contribution is 0.174. The highest BCUT2D eigenvalue weighted by atomic mass is 19.1. The summed E-state index contributed by atoms with van der Waals surface area (Å²) >= 11 is 0. The average molecular weight is 333 g/mol. The first-order valence-corrected chi connectivity index (χ1v) is 6.95. The van der Waals surface area contributed by atoms with Gasteiger partial charge >= 0.3 is 12.1 Å². The van der Waals surface area contributed by atoms with Crippen LogP contribution >= 0.6 is 0 Å². The smallest absolute Gasteiger partial charge is 0.413 e. The van der Waals surface area contributed by atoms with Gasteiger partial charge in [0.1, 0.15) is 19.0 Å². The molecule has 7 nitrogen and oxygen atoms in total. The molecule has 0 saturated carbocycles. The number of amides is 1. The van der Waals surface area contributed by atoms with Gasteiger partial charge in [0.2, 0.25) is 0 Å². The summed E-state index contributed by atoms with van der Waals surface area (Å²) in [5, 5.41) is 2.17. The van der Waals surface area contributed by atoms with E-state index in [1.807, 2.05) is 12.1 Å². The van der Waals surface area contributed by atoms with Gasteiger partial charge in [-0.2, -0.15) is 4.98 Å². The van der Waals surface area contributed by atoms with Crippen LogP contribution in [0.25, 0.3) is 0 Å². The number of nitrogens with zero attached hydrogens (tertiary/aromatic N) is 2. The lowest BCUT2D eigenvalue weighted by Gasteiger charge is -2.09. The van der Waals surface area contributed by atoms with E-state index in [9.17, 15) is 9.18 Å². The molecule has 1 aromatic carbocycles. The van der Waals surface area contributed by atoms with E-state index in [4.69, 9.17) is 14.2 Å². The number of nitrogens with one attached hydrogen (secondary N) is 1. The quantitative estimate of drug-likeness (QED) is 0.785. The monoisotopic (exact) mass is 333 g/mol. The Kier molecular flexibility index (Phi) is 6.07. The van der Waals surface area contributed by atoms with E-state index in [-0.39, 0.29) is 25.0 Å². The third-order valence-corrected chi connectivity index (χ3v) is 2.78. The number of anilines is 1. The number of methoxy groups -OCH3 is 1. The number of carbonyl (C=O) groups is 1. The van der Waals surface area contributed by atoms with Crippen molar-refractivity contribution in [1.82, 2.24) is 9.97 Å². The molecule has 0 unspecified atom stereocenters. The number of aromatic nitrogens is 2. The number of halogens is 1. The minimum Gasteiger partial charge on any atom is -0.497 e. The molecule has 0 spiro atoms. The molecular formula is C16H16FN3O4. The molecule has 0 aliphatic rings. The van der Waals surface area contributed by atoms with Gasteiger partial charge in [0.25, 0.3) is 0 Å². The fourth-order valence-corrected chi connectivity index (χ4v) is 1.69. The third-order valence-electron chi connectivity index (χ3n) is 2.78. The standard InChI is InChI=1S/C16H16FN3O4/c1-3-7-23-16(21)20-14-13(17)9-18-15(19-14)24-10-11-5-4-6-12(8-11)22-2/h3-6,8-9H,1,7,10H2,2H3,(H,18,19,20,21). The van der Waals surface area contributed by atoms with Crippen molar-refractivity contribution in [3.63, 3.8) is 0 Å². The van der Waals surface area contributed by atoms with Gasteiger partial charge in [0.15, 0.2) is 11.6 Å². The van der Waals surface area contributed by atoms with Crippen LogP contribution in [0.15, 0.2) is 43.1 Å². The Labute approximate surface area is 138 Å². The Morgan fingerprint density at radius 2 is 2.29 bits per heavy atom. The number of hydrogen-bond acceptors (Lipinski definition) is 6. The lowest BCUT2D eigenvalue weighted by Crippen LogP contribution is -2.16. The van der Waals surface area contributed by atoms with Crippen LogP contribution in [0.3, 0.4) is 0 Å². The number of ether oxygens (including phenoxy) is 3. The highest BCUT2D eigenvalue weighted by molar-refractivity contribution is 5.83. The molecule has 0 atom stereocenters. The lowest BCUT2D eigenvalue weighted by atomic mass is 10.2. The van der Waals surface area contributed by atoms with Crippen LogP contribution in [-0.2, 0) is 11.3 Å². The van der Waals surface area contributed by atoms with Crippen molar-refractivity contribution in [3.05, 3.63) is 54.5 Å². The fourth-order valence-electron chi connectivity index (χ4n) is 1.69. The summed E-state index contributed by atoms with van der Waals surface area (Å²) in [6.45, 7) is 3.56. The van der Waals surface area contributed by atoms with Crippen LogP contribution in [0, 0.1) is 5.82 Å². The fraction of sp³-hybridized carbons (Fsp3) is 0.188. The Bertz CT molecular complexity index is 724. The van der Waals surface area contributed by atoms with Crippen LogP contribution in [0.4, 0.5) is 15.0 Å². The van der Waals surface area contributed by atoms with Crippen LogP contribution < -0.4 is 14.8 Å². The molecule has 24 heavy (non-hydrogen) atoms. The maximum absolute atomic E-state index is 13.6. The van der Waals surface area contributed by atoms with Crippen molar-refractivity contribution in [2.75, 3.05) is 19.0 Å². The van der Waals surface area contributed by atoms with E-state index in [0.29, 0.717) is 5.75 Å². The van der Waals surface area contributed by atoms with Crippen molar-refractivity contribution < 1.29 is 23.4 Å². The summed E-state index contributed by atoms with van der Waals surface area (Å²) < 4.78 is 28.8. The van der Waals surface area contributed by atoms with Crippen molar-refractivity contribution in [2.45, 2.75) is 6.61 Å². The summed E-state index contributed by atoms with van der Waals surface area (Å²) in [7, 11) is 1.56. The van der Waals surface area contributed by atoms with Gasteiger partial charge in [0, 0.05) is 0 Å². The molecular weight excluding hydrogens is 317 g/mol. The molecule has 0 fully saturated rings. The molecule has 1 aromatic heterocycles. The molecule has 8 heteroatoms. The van der Waals surface area contributed by atoms with Crippen LogP contribution in [-0.4, -0.2) is 29.8 Å². The topological polar surface area (TPSA) is 82.6 Å². The zero-order valence-electron chi connectivity index (χ0n) is 13.0. The third kappa shape index (κ3) is 4.94. The molecule has 0 aliphatic carbocycles. The van der Waals surface area contributed by atoms with Crippen molar-refractivity contribution in [2.24, 2.45) is 0 Å². The Balaban J connectivity index is 2.01. The minimum absolute atomic E-state index is 0.00225. The van der Waals surface area contributed by atoms with Crippen molar-refractivity contribution in [3.8, 4) is 11.8 Å². The first kappa shape index (κ1) is 17.2. The molecule has 0 saturated heterocycles. The zero-order chi connectivity index (χ0) is 17.4. The molecule has 0 bridgehead atoms. The van der Waals surface area contributed by atoms with Gasteiger partial charge in [-0.15, -0.1) is 0 Å². The summed E-state index contributed by atoms with van der Waals surface area (Å²) in [6.07, 6.45) is 1.43. The van der Waals surface area contributed by atoms with Crippen LogP contribution in [0.2, 0.25) is 0 Å². The average Bonchev–Trinajstić information content (AvgIpc) is 2.60. The Hall–Kier alpha value is -3.16. The first-order valence-electron chi connectivity index (χ1n) is 6.95. The molecule has 0 aliphatic heterocycles. The summed E-state index contributed by atoms with van der Waals surface area (Å²) in [4.78, 5) is 18.9.